The third kappa shape index (κ3) is 3.88. The van der Waals surface area contributed by atoms with Crippen molar-refractivity contribution >= 4 is 28.9 Å². The number of hydrogen-bond acceptors (Lipinski definition) is 9. The minimum absolute atomic E-state index is 0.167. The van der Waals surface area contributed by atoms with Crippen LogP contribution in [0.4, 0.5) is 0 Å². The maximum atomic E-state index is 11.9. The van der Waals surface area contributed by atoms with E-state index in [0.717, 1.165) is 0 Å². The number of aromatic nitrogens is 3. The molecule has 0 aliphatic carbocycles. The molecule has 11 heteroatoms. The molecular weight excluding hydrogens is 374 g/mol. The van der Waals surface area contributed by atoms with Gasteiger partial charge in [-0.2, -0.15) is 0 Å². The Kier molecular flexibility index (Phi) is 5.45. The van der Waals surface area contributed by atoms with Crippen LogP contribution in [0.5, 0.6) is 0 Å². The average molecular weight is 393 g/mol. The highest BCUT2D eigenvalue weighted by Gasteiger charge is 2.50. The summed E-state index contributed by atoms with van der Waals surface area (Å²) in [6, 6.07) is 1.61. The smallest absolute Gasteiger partial charge is 0.303 e. The molecule has 150 valence electrons. The topological polar surface area (TPSA) is 139 Å². The predicted molar refractivity (Wildman–Crippen MR) is 92.0 cm³/mol. The first-order chi connectivity index (χ1) is 13.3. The lowest BCUT2D eigenvalue weighted by molar-refractivity contribution is -0.166. The number of nitrogens with one attached hydrogen (secondary N) is 1. The molecule has 3 heterocycles. The van der Waals surface area contributed by atoms with E-state index in [0.29, 0.717) is 5.52 Å². The lowest BCUT2D eigenvalue weighted by Gasteiger charge is -2.23. The quantitative estimate of drug-likeness (QED) is 0.551. The van der Waals surface area contributed by atoms with Gasteiger partial charge in [0.2, 0.25) is 0 Å². The third-order valence-corrected chi connectivity index (χ3v) is 4.12. The summed E-state index contributed by atoms with van der Waals surface area (Å²) in [5, 5.41) is 0. The number of aromatic amines is 1. The number of carbonyl (C=O) groups excluding carboxylic acids is 3. The summed E-state index contributed by atoms with van der Waals surface area (Å²) >= 11 is 0. The Morgan fingerprint density at radius 2 is 1.82 bits per heavy atom. The number of imidazole rings is 1. The summed E-state index contributed by atoms with van der Waals surface area (Å²) in [6.45, 7) is 3.42. The zero-order valence-electron chi connectivity index (χ0n) is 15.4. The Labute approximate surface area is 158 Å². The van der Waals surface area contributed by atoms with Gasteiger partial charge in [-0.3, -0.25) is 23.7 Å². The van der Waals surface area contributed by atoms with Gasteiger partial charge in [-0.1, -0.05) is 0 Å². The van der Waals surface area contributed by atoms with Crippen LogP contribution >= 0.6 is 0 Å². The van der Waals surface area contributed by atoms with E-state index in [2.05, 4.69) is 9.97 Å². The van der Waals surface area contributed by atoms with Crippen molar-refractivity contribution < 1.29 is 33.3 Å². The molecule has 0 aromatic carbocycles. The Morgan fingerprint density at radius 1 is 1.14 bits per heavy atom. The predicted octanol–water partition coefficient (Wildman–Crippen LogP) is 0.0485. The molecule has 1 fully saturated rings. The van der Waals surface area contributed by atoms with E-state index < -0.39 is 48.0 Å². The van der Waals surface area contributed by atoms with Crippen molar-refractivity contribution in [2.24, 2.45) is 0 Å². The average Bonchev–Trinajstić information content (AvgIpc) is 3.16. The van der Waals surface area contributed by atoms with Crippen LogP contribution in [0.2, 0.25) is 0 Å². The maximum absolute atomic E-state index is 11.9. The minimum atomic E-state index is -1.04. The fourth-order valence-electron chi connectivity index (χ4n) is 3.09. The highest BCUT2D eigenvalue weighted by atomic mass is 16.7. The molecule has 0 amide bonds. The van der Waals surface area contributed by atoms with Gasteiger partial charge in [-0.05, 0) is 6.07 Å². The monoisotopic (exact) mass is 393 g/mol. The van der Waals surface area contributed by atoms with E-state index in [1.54, 1.807) is 6.07 Å². The SMILES string of the molecule is CC(=O)OC[C@H]1O[C@@H](n2cnc3c(=O)[nH]ccc32)[C@@H](OC(C)=O)[C@@H]1OC(C)=O. The molecule has 3 rings (SSSR count). The van der Waals surface area contributed by atoms with Gasteiger partial charge < -0.3 is 23.9 Å². The van der Waals surface area contributed by atoms with Crippen molar-refractivity contribution in [2.75, 3.05) is 6.61 Å². The van der Waals surface area contributed by atoms with Crippen LogP contribution in [0, 0.1) is 0 Å². The van der Waals surface area contributed by atoms with E-state index in [4.69, 9.17) is 18.9 Å². The van der Waals surface area contributed by atoms with E-state index in [-0.39, 0.29) is 12.1 Å². The van der Waals surface area contributed by atoms with Gasteiger partial charge in [0.25, 0.3) is 5.56 Å². The molecule has 28 heavy (non-hydrogen) atoms. The first-order valence-corrected chi connectivity index (χ1v) is 8.45. The third-order valence-electron chi connectivity index (χ3n) is 4.12. The van der Waals surface area contributed by atoms with Crippen LogP contribution in [0.3, 0.4) is 0 Å². The van der Waals surface area contributed by atoms with Crippen molar-refractivity contribution in [3.8, 4) is 0 Å². The number of fused-ring (bicyclic) bond motifs is 1. The lowest BCUT2D eigenvalue weighted by Crippen LogP contribution is -2.40. The van der Waals surface area contributed by atoms with Crippen molar-refractivity contribution in [3.63, 3.8) is 0 Å². The van der Waals surface area contributed by atoms with E-state index in [1.807, 2.05) is 0 Å². The van der Waals surface area contributed by atoms with Gasteiger partial charge in [-0.15, -0.1) is 0 Å². The Bertz CT molecular complexity index is 965. The van der Waals surface area contributed by atoms with Crippen molar-refractivity contribution in [2.45, 2.75) is 45.3 Å². The molecule has 2 aromatic rings. The molecule has 0 radical (unpaired) electrons. The van der Waals surface area contributed by atoms with Crippen molar-refractivity contribution in [3.05, 3.63) is 28.9 Å². The summed E-state index contributed by atoms with van der Waals surface area (Å²) in [5.74, 6) is -1.78. The minimum Gasteiger partial charge on any atom is -0.463 e. The normalized spacial score (nSPS) is 24.1. The number of H-pyrrole nitrogens is 1. The molecule has 4 atom stereocenters. The number of carbonyl (C=O) groups is 3. The molecule has 1 saturated heterocycles. The molecule has 0 saturated carbocycles. The molecule has 11 nitrogen and oxygen atoms in total. The van der Waals surface area contributed by atoms with Crippen LogP contribution in [-0.2, 0) is 33.3 Å². The zero-order valence-corrected chi connectivity index (χ0v) is 15.4. The molecule has 1 aliphatic rings. The van der Waals surface area contributed by atoms with Gasteiger partial charge in [0.15, 0.2) is 24.0 Å². The Morgan fingerprint density at radius 3 is 2.46 bits per heavy atom. The van der Waals surface area contributed by atoms with E-state index in [9.17, 15) is 19.2 Å². The van der Waals surface area contributed by atoms with Gasteiger partial charge in [0.1, 0.15) is 12.7 Å². The summed E-state index contributed by atoms with van der Waals surface area (Å²) in [5.41, 5.74) is 0.201. The summed E-state index contributed by atoms with van der Waals surface area (Å²) in [7, 11) is 0. The van der Waals surface area contributed by atoms with Gasteiger partial charge in [-0.25, -0.2) is 4.98 Å². The number of esters is 3. The summed E-state index contributed by atoms with van der Waals surface area (Å²) in [4.78, 5) is 52.9. The van der Waals surface area contributed by atoms with Gasteiger partial charge >= 0.3 is 17.9 Å². The standard InChI is InChI=1S/C17H19N3O8/c1-8(21)25-6-12-14(26-9(2)22)15(27-10(3)23)17(28-12)20-7-19-13-11(20)4-5-18-16(13)24/h4-5,7,12,14-15,17H,6H2,1-3H3,(H,18,24)/t12-,14-,15+,17-/m1/s1. The lowest BCUT2D eigenvalue weighted by atomic mass is 10.1. The molecule has 2 aromatic heterocycles. The second-order valence-electron chi connectivity index (χ2n) is 6.21. The van der Waals surface area contributed by atoms with E-state index in [1.165, 1.54) is 37.9 Å². The first-order valence-electron chi connectivity index (χ1n) is 8.45. The zero-order chi connectivity index (χ0) is 20.4. The second-order valence-corrected chi connectivity index (χ2v) is 6.21. The van der Waals surface area contributed by atoms with E-state index >= 15 is 0 Å². The Hall–Kier alpha value is -3.21. The molecule has 0 spiro atoms. The molecule has 0 unspecified atom stereocenters. The highest BCUT2D eigenvalue weighted by Crippen LogP contribution is 2.35. The molecule has 1 N–H and O–H groups in total. The van der Waals surface area contributed by atoms with Gasteiger partial charge in [0.05, 0.1) is 11.8 Å². The number of rotatable bonds is 5. The molecule has 1 aliphatic heterocycles. The van der Waals surface area contributed by atoms with Crippen LogP contribution in [0.25, 0.3) is 11.0 Å². The largest absolute Gasteiger partial charge is 0.463 e. The number of pyridine rings is 1. The van der Waals surface area contributed by atoms with Crippen molar-refractivity contribution in [1.29, 1.82) is 0 Å². The number of hydrogen-bond donors (Lipinski definition) is 1. The van der Waals surface area contributed by atoms with Gasteiger partial charge in [0, 0.05) is 27.0 Å². The molecular formula is C17H19N3O8. The first kappa shape index (κ1) is 19.5. The highest BCUT2D eigenvalue weighted by molar-refractivity contribution is 5.74. The molecule has 0 bridgehead atoms. The van der Waals surface area contributed by atoms with Crippen LogP contribution in [-0.4, -0.2) is 57.4 Å². The Balaban J connectivity index is 2.02. The van der Waals surface area contributed by atoms with Crippen molar-refractivity contribution in [1.82, 2.24) is 14.5 Å². The summed E-state index contributed by atoms with van der Waals surface area (Å²) < 4.78 is 23.1. The fourth-order valence-corrected chi connectivity index (χ4v) is 3.09. The fraction of sp³-hybridized carbons (Fsp3) is 0.471. The number of nitrogens with zero attached hydrogens (tertiary/aromatic N) is 2. The number of ether oxygens (including phenoxy) is 4. The van der Waals surface area contributed by atoms with Crippen LogP contribution < -0.4 is 5.56 Å². The maximum Gasteiger partial charge on any atom is 0.303 e. The second kappa shape index (κ2) is 7.80. The van der Waals surface area contributed by atoms with Crippen LogP contribution in [0.15, 0.2) is 23.4 Å². The summed E-state index contributed by atoms with van der Waals surface area (Å²) in [6.07, 6.45) is -1.11. The van der Waals surface area contributed by atoms with Crippen LogP contribution in [0.1, 0.15) is 27.0 Å².